The molecule has 0 radical (unpaired) electrons. The summed E-state index contributed by atoms with van der Waals surface area (Å²) in [6, 6.07) is 9.40. The molecular weight excluding hydrogens is 234 g/mol. The van der Waals surface area contributed by atoms with Crippen LogP contribution in [0, 0.1) is 0 Å². The van der Waals surface area contributed by atoms with Gasteiger partial charge in [-0.25, -0.2) is 0 Å². The Kier molecular flexibility index (Phi) is 5.71. The van der Waals surface area contributed by atoms with Gasteiger partial charge < -0.3 is 10.1 Å². The summed E-state index contributed by atoms with van der Waals surface area (Å²) in [6.45, 7) is 2.94. The summed E-state index contributed by atoms with van der Waals surface area (Å²) < 4.78 is 5.66. The number of rotatable bonds is 5. The van der Waals surface area contributed by atoms with Gasteiger partial charge in [0.25, 0.3) is 0 Å². The smallest absolute Gasteiger partial charge is 0.119 e. The Morgan fingerprint density at radius 3 is 2.53 bits per heavy atom. The maximum Gasteiger partial charge on any atom is 0.119 e. The van der Waals surface area contributed by atoms with E-state index in [0.29, 0.717) is 12.0 Å². The van der Waals surface area contributed by atoms with Gasteiger partial charge in [-0.15, -0.1) is 0 Å². The molecule has 1 aliphatic carbocycles. The van der Waals surface area contributed by atoms with E-state index in [0.717, 1.165) is 18.8 Å². The van der Waals surface area contributed by atoms with Crippen molar-refractivity contribution in [1.82, 2.24) is 5.32 Å². The Labute approximate surface area is 117 Å². The van der Waals surface area contributed by atoms with Crippen LogP contribution in [0.4, 0.5) is 0 Å². The monoisotopic (exact) mass is 261 g/mol. The number of hydrogen-bond acceptors (Lipinski definition) is 2. The number of nitrogens with one attached hydrogen (secondary N) is 1. The molecule has 2 heteroatoms. The van der Waals surface area contributed by atoms with Crippen LogP contribution in [-0.2, 0) is 0 Å². The van der Waals surface area contributed by atoms with E-state index in [1.807, 2.05) is 0 Å². The molecule has 0 bridgehead atoms. The van der Waals surface area contributed by atoms with Crippen molar-refractivity contribution in [2.24, 2.45) is 0 Å². The molecular formula is C17H27NO. The van der Waals surface area contributed by atoms with Crippen molar-refractivity contribution < 1.29 is 4.74 Å². The van der Waals surface area contributed by atoms with Crippen LogP contribution in [0.25, 0.3) is 0 Å². The predicted molar refractivity (Wildman–Crippen MR) is 80.9 cm³/mol. The van der Waals surface area contributed by atoms with Crippen molar-refractivity contribution in [2.45, 2.75) is 57.4 Å². The van der Waals surface area contributed by atoms with Gasteiger partial charge in [0.15, 0.2) is 0 Å². The van der Waals surface area contributed by atoms with Gasteiger partial charge in [-0.2, -0.15) is 0 Å². The first-order valence-corrected chi connectivity index (χ1v) is 7.75. The average Bonchev–Trinajstić information content (AvgIpc) is 2.70. The molecule has 1 fully saturated rings. The SMILES string of the molecule is CCCOc1ccc(C2CCCCCC2NC)cc1. The summed E-state index contributed by atoms with van der Waals surface area (Å²) in [6.07, 6.45) is 7.77. The summed E-state index contributed by atoms with van der Waals surface area (Å²) in [5, 5.41) is 3.51. The normalized spacial score (nSPS) is 23.9. The first kappa shape index (κ1) is 14.4. The Bertz CT molecular complexity index is 360. The van der Waals surface area contributed by atoms with Crippen LogP contribution in [0.2, 0.25) is 0 Å². The second kappa shape index (κ2) is 7.54. The third-order valence-electron chi connectivity index (χ3n) is 4.17. The summed E-state index contributed by atoms with van der Waals surface area (Å²) >= 11 is 0. The summed E-state index contributed by atoms with van der Waals surface area (Å²) in [7, 11) is 2.10. The predicted octanol–water partition coefficient (Wildman–Crippen LogP) is 4.11. The fraction of sp³-hybridized carbons (Fsp3) is 0.647. The third kappa shape index (κ3) is 3.97. The highest BCUT2D eigenvalue weighted by Gasteiger charge is 2.23. The summed E-state index contributed by atoms with van der Waals surface area (Å²) in [4.78, 5) is 0. The highest BCUT2D eigenvalue weighted by atomic mass is 16.5. The molecule has 2 atom stereocenters. The lowest BCUT2D eigenvalue weighted by molar-refractivity contribution is 0.317. The van der Waals surface area contributed by atoms with Crippen molar-refractivity contribution in [1.29, 1.82) is 0 Å². The molecule has 106 valence electrons. The molecule has 1 N–H and O–H groups in total. The zero-order chi connectivity index (χ0) is 13.5. The third-order valence-corrected chi connectivity index (χ3v) is 4.17. The van der Waals surface area contributed by atoms with Gasteiger partial charge in [-0.05, 0) is 49.9 Å². The van der Waals surface area contributed by atoms with Gasteiger partial charge >= 0.3 is 0 Å². The summed E-state index contributed by atoms with van der Waals surface area (Å²) in [5.41, 5.74) is 1.46. The molecule has 1 aromatic carbocycles. The van der Waals surface area contributed by atoms with Crippen LogP contribution in [0.1, 0.15) is 56.9 Å². The van der Waals surface area contributed by atoms with Crippen molar-refractivity contribution in [3.05, 3.63) is 29.8 Å². The molecule has 0 heterocycles. The molecule has 19 heavy (non-hydrogen) atoms. The van der Waals surface area contributed by atoms with E-state index in [1.165, 1.54) is 37.7 Å². The molecule has 0 saturated heterocycles. The lowest BCUT2D eigenvalue weighted by atomic mass is 9.87. The summed E-state index contributed by atoms with van der Waals surface area (Å²) in [5.74, 6) is 1.66. The maximum absolute atomic E-state index is 5.66. The Hall–Kier alpha value is -1.02. The Morgan fingerprint density at radius 2 is 1.84 bits per heavy atom. The van der Waals surface area contributed by atoms with E-state index in [4.69, 9.17) is 4.74 Å². The van der Waals surface area contributed by atoms with Gasteiger partial charge in [0.2, 0.25) is 0 Å². The average molecular weight is 261 g/mol. The number of benzene rings is 1. The fourth-order valence-corrected chi connectivity index (χ4v) is 3.08. The highest BCUT2D eigenvalue weighted by Crippen LogP contribution is 2.32. The van der Waals surface area contributed by atoms with Crippen molar-refractivity contribution in [3.63, 3.8) is 0 Å². The number of ether oxygens (including phenoxy) is 1. The van der Waals surface area contributed by atoms with E-state index >= 15 is 0 Å². The van der Waals surface area contributed by atoms with Crippen LogP contribution >= 0.6 is 0 Å². The molecule has 0 aliphatic heterocycles. The minimum Gasteiger partial charge on any atom is -0.494 e. The zero-order valence-corrected chi connectivity index (χ0v) is 12.3. The van der Waals surface area contributed by atoms with E-state index in [1.54, 1.807) is 0 Å². The van der Waals surface area contributed by atoms with E-state index in [9.17, 15) is 0 Å². The molecule has 1 aliphatic rings. The molecule has 2 rings (SSSR count). The van der Waals surface area contributed by atoms with Crippen molar-refractivity contribution in [3.8, 4) is 5.75 Å². The molecule has 0 aromatic heterocycles. The second-order valence-corrected chi connectivity index (χ2v) is 5.56. The van der Waals surface area contributed by atoms with Crippen LogP contribution in [0.3, 0.4) is 0 Å². The van der Waals surface area contributed by atoms with E-state index in [2.05, 4.69) is 43.6 Å². The molecule has 2 unspecified atom stereocenters. The largest absolute Gasteiger partial charge is 0.494 e. The van der Waals surface area contributed by atoms with Crippen LogP contribution in [-0.4, -0.2) is 19.7 Å². The van der Waals surface area contributed by atoms with Gasteiger partial charge in [0.1, 0.15) is 5.75 Å². The first-order valence-electron chi connectivity index (χ1n) is 7.75. The van der Waals surface area contributed by atoms with Crippen molar-refractivity contribution >= 4 is 0 Å². The minimum absolute atomic E-state index is 0.630. The van der Waals surface area contributed by atoms with Gasteiger partial charge in [-0.3, -0.25) is 0 Å². The minimum atomic E-state index is 0.630. The van der Waals surface area contributed by atoms with Gasteiger partial charge in [0, 0.05) is 6.04 Å². The van der Waals surface area contributed by atoms with Crippen LogP contribution in [0.15, 0.2) is 24.3 Å². The zero-order valence-electron chi connectivity index (χ0n) is 12.3. The van der Waals surface area contributed by atoms with Gasteiger partial charge in [-0.1, -0.05) is 38.3 Å². The lowest BCUT2D eigenvalue weighted by Crippen LogP contribution is -2.31. The van der Waals surface area contributed by atoms with E-state index < -0.39 is 0 Å². The number of likely N-dealkylation sites (N-methyl/N-ethyl adjacent to an activating group) is 1. The lowest BCUT2D eigenvalue weighted by Gasteiger charge is -2.25. The Morgan fingerprint density at radius 1 is 1.11 bits per heavy atom. The standard InChI is InChI=1S/C17H27NO/c1-3-13-19-15-11-9-14(10-12-15)16-7-5-4-6-8-17(16)18-2/h9-12,16-18H,3-8,13H2,1-2H3. The highest BCUT2D eigenvalue weighted by molar-refractivity contribution is 5.30. The number of hydrogen-bond donors (Lipinski definition) is 1. The van der Waals surface area contributed by atoms with Crippen LogP contribution in [0.5, 0.6) is 5.75 Å². The molecule has 0 amide bonds. The second-order valence-electron chi connectivity index (χ2n) is 5.56. The molecule has 1 aromatic rings. The molecule has 0 spiro atoms. The van der Waals surface area contributed by atoms with Gasteiger partial charge in [0.05, 0.1) is 6.61 Å². The quantitative estimate of drug-likeness (QED) is 0.805. The topological polar surface area (TPSA) is 21.3 Å². The van der Waals surface area contributed by atoms with Crippen LogP contribution < -0.4 is 10.1 Å². The maximum atomic E-state index is 5.66. The van der Waals surface area contributed by atoms with E-state index in [-0.39, 0.29) is 0 Å². The fourth-order valence-electron chi connectivity index (χ4n) is 3.08. The van der Waals surface area contributed by atoms with Crippen molar-refractivity contribution in [2.75, 3.05) is 13.7 Å². The molecule has 1 saturated carbocycles. The Balaban J connectivity index is 2.06. The first-order chi connectivity index (χ1) is 9.35. The molecule has 2 nitrogen and oxygen atoms in total.